The van der Waals surface area contributed by atoms with Crippen LogP contribution in [0.1, 0.15) is 30.5 Å². The number of ether oxygens (including phenoxy) is 1. The first kappa shape index (κ1) is 15.2. The van der Waals surface area contributed by atoms with Gasteiger partial charge in [-0.15, -0.1) is 0 Å². The number of amides is 1. The van der Waals surface area contributed by atoms with Crippen molar-refractivity contribution in [2.45, 2.75) is 33.1 Å². The van der Waals surface area contributed by atoms with Crippen LogP contribution in [0.15, 0.2) is 18.2 Å². The number of carbonyl (C=O) groups is 2. The number of rotatable bonds is 3. The highest BCUT2D eigenvalue weighted by Gasteiger charge is 2.25. The Morgan fingerprint density at radius 1 is 1.26 bits per heavy atom. The first-order valence-corrected chi connectivity index (χ1v) is 6.22. The maximum Gasteiger partial charge on any atom is 0.396 e. The molecular weight excluding hydrogens is 242 g/mol. The summed E-state index contributed by atoms with van der Waals surface area (Å²) in [5.41, 5.74) is 3.26. The summed E-state index contributed by atoms with van der Waals surface area (Å²) in [6.07, 6.45) is 0. The number of methoxy groups -OCH3 is 1. The molecule has 0 fully saturated rings. The molecule has 1 amide bonds. The van der Waals surface area contributed by atoms with E-state index < -0.39 is 11.9 Å². The van der Waals surface area contributed by atoms with E-state index in [4.69, 9.17) is 0 Å². The lowest BCUT2D eigenvalue weighted by molar-refractivity contribution is -0.152. The van der Waals surface area contributed by atoms with Crippen molar-refractivity contribution in [3.63, 3.8) is 0 Å². The zero-order chi connectivity index (χ0) is 14.6. The number of benzene rings is 1. The Morgan fingerprint density at radius 2 is 1.89 bits per heavy atom. The molecule has 0 saturated carbocycles. The van der Waals surface area contributed by atoms with Gasteiger partial charge in [-0.25, -0.2) is 4.79 Å². The third-order valence-corrected chi connectivity index (χ3v) is 3.18. The summed E-state index contributed by atoms with van der Waals surface area (Å²) in [5, 5.41) is 2.61. The van der Waals surface area contributed by atoms with Gasteiger partial charge in [0.05, 0.1) is 7.11 Å². The molecule has 0 bridgehead atoms. The minimum Gasteiger partial charge on any atom is -0.462 e. The molecule has 1 aromatic carbocycles. The van der Waals surface area contributed by atoms with E-state index in [1.165, 1.54) is 18.2 Å². The first-order chi connectivity index (χ1) is 8.77. The second kappa shape index (κ2) is 5.87. The molecule has 4 heteroatoms. The van der Waals surface area contributed by atoms with E-state index in [0.717, 1.165) is 5.56 Å². The van der Waals surface area contributed by atoms with Gasteiger partial charge in [0.1, 0.15) is 0 Å². The molecule has 0 aromatic heterocycles. The van der Waals surface area contributed by atoms with Gasteiger partial charge in [0.2, 0.25) is 0 Å². The van der Waals surface area contributed by atoms with Gasteiger partial charge in [-0.1, -0.05) is 37.6 Å². The molecule has 4 nitrogen and oxygen atoms in total. The van der Waals surface area contributed by atoms with Crippen LogP contribution in [0.25, 0.3) is 0 Å². The Balaban J connectivity index is 2.83. The van der Waals surface area contributed by atoms with Crippen molar-refractivity contribution in [1.29, 1.82) is 0 Å². The van der Waals surface area contributed by atoms with E-state index in [1.807, 2.05) is 27.7 Å². The molecule has 0 aliphatic rings. The average molecular weight is 263 g/mol. The molecular formula is C15H21NO3. The van der Waals surface area contributed by atoms with E-state index in [1.54, 1.807) is 0 Å². The highest BCUT2D eigenvalue weighted by atomic mass is 16.5. The maximum absolute atomic E-state index is 11.4. The van der Waals surface area contributed by atoms with E-state index in [0.29, 0.717) is 6.54 Å². The summed E-state index contributed by atoms with van der Waals surface area (Å²) >= 11 is 0. The number of hydrogen-bond acceptors (Lipinski definition) is 3. The van der Waals surface area contributed by atoms with Crippen LogP contribution in [0.2, 0.25) is 0 Å². The summed E-state index contributed by atoms with van der Waals surface area (Å²) in [4.78, 5) is 22.5. The fourth-order valence-corrected chi connectivity index (χ4v) is 2.03. The molecule has 1 N–H and O–H groups in total. The third kappa shape index (κ3) is 3.81. The predicted molar refractivity (Wildman–Crippen MR) is 74.0 cm³/mol. The fraction of sp³-hybridized carbons (Fsp3) is 0.467. The van der Waals surface area contributed by atoms with Crippen LogP contribution < -0.4 is 5.32 Å². The zero-order valence-corrected chi connectivity index (χ0v) is 12.2. The highest BCUT2D eigenvalue weighted by molar-refractivity contribution is 6.32. The lowest BCUT2D eigenvalue weighted by Gasteiger charge is -2.27. The number of carbonyl (C=O) groups excluding carboxylic acids is 2. The van der Waals surface area contributed by atoms with Crippen molar-refractivity contribution in [3.05, 3.63) is 34.9 Å². The van der Waals surface area contributed by atoms with Crippen LogP contribution in [-0.2, 0) is 19.7 Å². The van der Waals surface area contributed by atoms with E-state index >= 15 is 0 Å². The van der Waals surface area contributed by atoms with E-state index in [-0.39, 0.29) is 5.41 Å². The zero-order valence-electron chi connectivity index (χ0n) is 12.2. The Morgan fingerprint density at radius 3 is 2.47 bits per heavy atom. The number of aryl methyl sites for hydroxylation is 2. The van der Waals surface area contributed by atoms with Crippen molar-refractivity contribution in [1.82, 2.24) is 5.32 Å². The SMILES string of the molecule is COC(=O)C(=O)NCC(C)(C)c1cc(C)ccc1C. The molecule has 1 aromatic rings. The molecule has 0 radical (unpaired) electrons. The van der Waals surface area contributed by atoms with Crippen LogP contribution in [0.5, 0.6) is 0 Å². The van der Waals surface area contributed by atoms with Crippen LogP contribution in [0, 0.1) is 13.8 Å². The lowest BCUT2D eigenvalue weighted by atomic mass is 9.81. The maximum atomic E-state index is 11.4. The van der Waals surface area contributed by atoms with Crippen molar-refractivity contribution in [2.24, 2.45) is 0 Å². The average Bonchev–Trinajstić information content (AvgIpc) is 2.37. The second-order valence-electron chi connectivity index (χ2n) is 5.38. The Kier molecular flexibility index (Phi) is 4.70. The summed E-state index contributed by atoms with van der Waals surface area (Å²) in [7, 11) is 1.19. The van der Waals surface area contributed by atoms with Crippen molar-refractivity contribution >= 4 is 11.9 Å². The number of nitrogens with one attached hydrogen (secondary N) is 1. The van der Waals surface area contributed by atoms with E-state index in [9.17, 15) is 9.59 Å². The predicted octanol–water partition coefficient (Wildman–Crippen LogP) is 1.87. The van der Waals surface area contributed by atoms with Gasteiger partial charge in [-0.2, -0.15) is 0 Å². The third-order valence-electron chi connectivity index (χ3n) is 3.18. The summed E-state index contributed by atoms with van der Waals surface area (Å²) in [6, 6.07) is 6.23. The molecule has 19 heavy (non-hydrogen) atoms. The van der Waals surface area contributed by atoms with Gasteiger partial charge in [-0.05, 0) is 25.0 Å². The molecule has 0 heterocycles. The van der Waals surface area contributed by atoms with Gasteiger partial charge in [0.25, 0.3) is 0 Å². The molecule has 0 spiro atoms. The van der Waals surface area contributed by atoms with Crippen molar-refractivity contribution in [3.8, 4) is 0 Å². The summed E-state index contributed by atoms with van der Waals surface area (Å²) in [5.74, 6) is -1.57. The standard InChI is InChI=1S/C15H21NO3/c1-10-6-7-11(2)12(8-10)15(3,4)9-16-13(17)14(18)19-5/h6-8H,9H2,1-5H3,(H,16,17). The molecule has 0 atom stereocenters. The van der Waals surface area contributed by atoms with Gasteiger partial charge < -0.3 is 10.1 Å². The first-order valence-electron chi connectivity index (χ1n) is 6.22. The molecule has 0 aliphatic heterocycles. The van der Waals surface area contributed by atoms with Crippen molar-refractivity contribution < 1.29 is 14.3 Å². The second-order valence-corrected chi connectivity index (χ2v) is 5.38. The minimum absolute atomic E-state index is 0.250. The summed E-state index contributed by atoms with van der Waals surface area (Å²) in [6.45, 7) is 8.52. The molecule has 0 aliphatic carbocycles. The summed E-state index contributed by atoms with van der Waals surface area (Å²) < 4.78 is 4.37. The quantitative estimate of drug-likeness (QED) is 0.669. The van der Waals surface area contributed by atoms with Crippen LogP contribution in [0.3, 0.4) is 0 Å². The normalized spacial score (nSPS) is 11.0. The topological polar surface area (TPSA) is 55.4 Å². The highest BCUT2D eigenvalue weighted by Crippen LogP contribution is 2.26. The van der Waals surface area contributed by atoms with Crippen LogP contribution >= 0.6 is 0 Å². The molecule has 1 rings (SSSR count). The van der Waals surface area contributed by atoms with Gasteiger partial charge in [0, 0.05) is 12.0 Å². The smallest absolute Gasteiger partial charge is 0.396 e. The molecule has 0 unspecified atom stereocenters. The number of esters is 1. The number of hydrogen-bond donors (Lipinski definition) is 1. The lowest BCUT2D eigenvalue weighted by Crippen LogP contribution is -2.40. The van der Waals surface area contributed by atoms with Crippen molar-refractivity contribution in [2.75, 3.05) is 13.7 Å². The van der Waals surface area contributed by atoms with Gasteiger partial charge in [0.15, 0.2) is 0 Å². The largest absolute Gasteiger partial charge is 0.462 e. The van der Waals surface area contributed by atoms with Crippen LogP contribution in [0.4, 0.5) is 0 Å². The monoisotopic (exact) mass is 263 g/mol. The van der Waals surface area contributed by atoms with Crippen LogP contribution in [-0.4, -0.2) is 25.5 Å². The van der Waals surface area contributed by atoms with Gasteiger partial charge >= 0.3 is 11.9 Å². The van der Waals surface area contributed by atoms with E-state index in [2.05, 4.69) is 28.3 Å². The van der Waals surface area contributed by atoms with Gasteiger partial charge in [-0.3, -0.25) is 4.79 Å². The molecule has 0 saturated heterocycles. The minimum atomic E-state index is -0.864. The Bertz CT molecular complexity index is 492. The molecule has 104 valence electrons. The Labute approximate surface area is 114 Å². The fourth-order valence-electron chi connectivity index (χ4n) is 2.03. The Hall–Kier alpha value is -1.84.